The standard InChI is InChI=1S/C14H17NS2/c1-12-10-16-11-13(12)9-15-7-8-17-14-5-3-2-4-6-14/h2-6,10-11,15H,7-9H2,1H3. The second-order valence-electron chi connectivity index (χ2n) is 3.92. The van der Waals surface area contributed by atoms with Crippen LogP contribution in [0.5, 0.6) is 0 Å². The molecule has 2 rings (SSSR count). The van der Waals surface area contributed by atoms with Gasteiger partial charge in [-0.2, -0.15) is 11.3 Å². The zero-order chi connectivity index (χ0) is 11.9. The van der Waals surface area contributed by atoms with Gasteiger partial charge in [-0.05, 0) is 40.9 Å². The summed E-state index contributed by atoms with van der Waals surface area (Å²) in [5.74, 6) is 1.12. The second kappa shape index (κ2) is 6.84. The van der Waals surface area contributed by atoms with Gasteiger partial charge in [-0.1, -0.05) is 18.2 Å². The zero-order valence-electron chi connectivity index (χ0n) is 9.98. The highest BCUT2D eigenvalue weighted by atomic mass is 32.2. The minimum absolute atomic E-state index is 0.991. The molecular weight excluding hydrogens is 246 g/mol. The molecule has 90 valence electrons. The van der Waals surface area contributed by atoms with Crippen LogP contribution in [0.15, 0.2) is 46.0 Å². The summed E-state index contributed by atoms with van der Waals surface area (Å²) in [6.45, 7) is 4.21. The van der Waals surface area contributed by atoms with E-state index in [1.807, 2.05) is 11.8 Å². The Morgan fingerprint density at radius 2 is 2.00 bits per heavy atom. The number of nitrogens with one attached hydrogen (secondary N) is 1. The first-order chi connectivity index (χ1) is 8.36. The van der Waals surface area contributed by atoms with Crippen LogP contribution in [0.2, 0.25) is 0 Å². The third-order valence-electron chi connectivity index (χ3n) is 2.57. The molecule has 1 aromatic heterocycles. The fourth-order valence-corrected chi connectivity index (χ4v) is 3.24. The summed E-state index contributed by atoms with van der Waals surface area (Å²) in [6.07, 6.45) is 0. The Morgan fingerprint density at radius 1 is 1.18 bits per heavy atom. The van der Waals surface area contributed by atoms with E-state index in [2.05, 4.69) is 53.3 Å². The molecule has 1 N–H and O–H groups in total. The van der Waals surface area contributed by atoms with E-state index in [-0.39, 0.29) is 0 Å². The van der Waals surface area contributed by atoms with Crippen LogP contribution in [0.3, 0.4) is 0 Å². The maximum Gasteiger partial charge on any atom is 0.0216 e. The highest BCUT2D eigenvalue weighted by Crippen LogP contribution is 2.16. The molecule has 0 saturated carbocycles. The van der Waals surface area contributed by atoms with Crippen molar-refractivity contribution in [1.29, 1.82) is 0 Å². The molecule has 0 bridgehead atoms. The molecule has 0 aliphatic carbocycles. The average Bonchev–Trinajstić information content (AvgIpc) is 2.76. The zero-order valence-corrected chi connectivity index (χ0v) is 11.6. The maximum atomic E-state index is 3.48. The Hall–Kier alpha value is -0.770. The summed E-state index contributed by atoms with van der Waals surface area (Å²) in [4.78, 5) is 1.35. The summed E-state index contributed by atoms with van der Waals surface area (Å²) in [7, 11) is 0. The number of hydrogen-bond acceptors (Lipinski definition) is 3. The number of rotatable bonds is 6. The predicted octanol–water partition coefficient (Wildman–Crippen LogP) is 3.94. The maximum absolute atomic E-state index is 3.48. The normalized spacial score (nSPS) is 10.6. The molecular formula is C14H17NS2. The first-order valence-corrected chi connectivity index (χ1v) is 7.69. The minimum atomic E-state index is 0.991. The molecule has 2 aromatic rings. The highest BCUT2D eigenvalue weighted by molar-refractivity contribution is 7.99. The van der Waals surface area contributed by atoms with Crippen molar-refractivity contribution in [1.82, 2.24) is 5.32 Å². The number of hydrogen-bond donors (Lipinski definition) is 1. The Balaban J connectivity index is 1.63. The van der Waals surface area contributed by atoms with Crippen LogP contribution < -0.4 is 5.32 Å². The summed E-state index contributed by atoms with van der Waals surface area (Å²) >= 11 is 3.68. The van der Waals surface area contributed by atoms with Crippen molar-refractivity contribution >= 4 is 23.1 Å². The van der Waals surface area contributed by atoms with Gasteiger partial charge in [0.1, 0.15) is 0 Å². The lowest BCUT2D eigenvalue weighted by Crippen LogP contribution is -2.16. The van der Waals surface area contributed by atoms with Gasteiger partial charge in [0.15, 0.2) is 0 Å². The van der Waals surface area contributed by atoms with Gasteiger partial charge in [-0.15, -0.1) is 11.8 Å². The summed E-state index contributed by atoms with van der Waals surface area (Å²) in [5.41, 5.74) is 2.83. The van der Waals surface area contributed by atoms with Crippen LogP contribution in [0.1, 0.15) is 11.1 Å². The molecule has 1 heterocycles. The lowest BCUT2D eigenvalue weighted by atomic mass is 10.2. The van der Waals surface area contributed by atoms with Crippen LogP contribution in [0.4, 0.5) is 0 Å². The van der Waals surface area contributed by atoms with Crippen LogP contribution in [0.25, 0.3) is 0 Å². The molecule has 1 nitrogen and oxygen atoms in total. The van der Waals surface area contributed by atoms with Crippen molar-refractivity contribution in [3.8, 4) is 0 Å². The Morgan fingerprint density at radius 3 is 2.71 bits per heavy atom. The number of thiophene rings is 1. The van der Waals surface area contributed by atoms with Crippen LogP contribution in [0, 0.1) is 6.92 Å². The van der Waals surface area contributed by atoms with Crippen LogP contribution in [-0.2, 0) is 6.54 Å². The molecule has 1 aromatic carbocycles. The second-order valence-corrected chi connectivity index (χ2v) is 5.83. The molecule has 0 spiro atoms. The minimum Gasteiger partial charge on any atom is -0.312 e. The van der Waals surface area contributed by atoms with Crippen LogP contribution >= 0.6 is 23.1 Å². The van der Waals surface area contributed by atoms with Gasteiger partial charge in [0, 0.05) is 23.7 Å². The van der Waals surface area contributed by atoms with E-state index in [1.165, 1.54) is 16.0 Å². The predicted molar refractivity (Wildman–Crippen MR) is 77.9 cm³/mol. The van der Waals surface area contributed by atoms with Crippen molar-refractivity contribution in [3.63, 3.8) is 0 Å². The fourth-order valence-electron chi connectivity index (χ4n) is 1.55. The molecule has 0 fully saturated rings. The van der Waals surface area contributed by atoms with Gasteiger partial charge < -0.3 is 5.32 Å². The van der Waals surface area contributed by atoms with E-state index in [0.29, 0.717) is 0 Å². The van der Waals surface area contributed by atoms with Crippen molar-refractivity contribution in [2.75, 3.05) is 12.3 Å². The van der Waals surface area contributed by atoms with E-state index in [1.54, 1.807) is 11.3 Å². The number of benzene rings is 1. The summed E-state index contributed by atoms with van der Waals surface area (Å²) in [6, 6.07) is 10.6. The first-order valence-electron chi connectivity index (χ1n) is 5.76. The largest absolute Gasteiger partial charge is 0.312 e. The van der Waals surface area contributed by atoms with E-state index in [9.17, 15) is 0 Å². The van der Waals surface area contributed by atoms with Crippen molar-refractivity contribution in [2.45, 2.75) is 18.4 Å². The Bertz CT molecular complexity index is 436. The summed E-state index contributed by atoms with van der Waals surface area (Å²) in [5, 5.41) is 7.92. The lowest BCUT2D eigenvalue weighted by molar-refractivity contribution is 0.731. The van der Waals surface area contributed by atoms with Gasteiger partial charge in [0.2, 0.25) is 0 Å². The Kier molecular flexibility index (Phi) is 5.10. The van der Waals surface area contributed by atoms with E-state index < -0.39 is 0 Å². The SMILES string of the molecule is Cc1cscc1CNCCSc1ccccc1. The molecule has 0 amide bonds. The van der Waals surface area contributed by atoms with E-state index in [0.717, 1.165) is 18.8 Å². The van der Waals surface area contributed by atoms with Gasteiger partial charge in [-0.25, -0.2) is 0 Å². The third-order valence-corrected chi connectivity index (χ3v) is 4.49. The number of thioether (sulfide) groups is 1. The molecule has 0 unspecified atom stereocenters. The van der Waals surface area contributed by atoms with Gasteiger partial charge in [0.25, 0.3) is 0 Å². The van der Waals surface area contributed by atoms with Crippen molar-refractivity contribution < 1.29 is 0 Å². The quantitative estimate of drug-likeness (QED) is 0.626. The topological polar surface area (TPSA) is 12.0 Å². The Labute approximate surface area is 111 Å². The molecule has 0 aliphatic heterocycles. The highest BCUT2D eigenvalue weighted by Gasteiger charge is 1.98. The van der Waals surface area contributed by atoms with Gasteiger partial charge in [0.05, 0.1) is 0 Å². The molecule has 0 aliphatic rings. The molecule has 17 heavy (non-hydrogen) atoms. The number of aryl methyl sites for hydroxylation is 1. The smallest absolute Gasteiger partial charge is 0.0216 e. The molecule has 3 heteroatoms. The van der Waals surface area contributed by atoms with E-state index >= 15 is 0 Å². The van der Waals surface area contributed by atoms with Gasteiger partial charge in [-0.3, -0.25) is 0 Å². The molecule has 0 atom stereocenters. The monoisotopic (exact) mass is 263 g/mol. The summed E-state index contributed by atoms with van der Waals surface area (Å²) < 4.78 is 0. The first kappa shape index (κ1) is 12.7. The van der Waals surface area contributed by atoms with Gasteiger partial charge >= 0.3 is 0 Å². The van der Waals surface area contributed by atoms with Crippen molar-refractivity contribution in [2.24, 2.45) is 0 Å². The van der Waals surface area contributed by atoms with E-state index in [4.69, 9.17) is 0 Å². The third kappa shape index (κ3) is 4.19. The molecule has 0 saturated heterocycles. The lowest BCUT2D eigenvalue weighted by Gasteiger charge is -2.04. The van der Waals surface area contributed by atoms with Crippen LogP contribution in [-0.4, -0.2) is 12.3 Å². The molecule has 0 radical (unpaired) electrons. The fraction of sp³-hybridized carbons (Fsp3) is 0.286. The van der Waals surface area contributed by atoms with Crippen molar-refractivity contribution in [3.05, 3.63) is 52.2 Å². The average molecular weight is 263 g/mol.